The molecule has 0 aliphatic carbocycles. The Kier molecular flexibility index (Phi) is 4.66. The van der Waals surface area contributed by atoms with Crippen LogP contribution >= 0.6 is 34.2 Å². The maximum absolute atomic E-state index is 11.9. The van der Waals surface area contributed by atoms with Crippen molar-refractivity contribution < 1.29 is 9.90 Å². The van der Waals surface area contributed by atoms with Gasteiger partial charge >= 0.3 is 0 Å². The molecule has 0 aromatic heterocycles. The summed E-state index contributed by atoms with van der Waals surface area (Å²) in [6.07, 6.45) is 0.215. The second kappa shape index (κ2) is 6.25. The molecule has 0 saturated carbocycles. The van der Waals surface area contributed by atoms with Crippen molar-refractivity contribution in [2.45, 2.75) is 6.42 Å². The predicted molar refractivity (Wildman–Crippen MR) is 84.6 cm³/mol. The number of anilines is 1. The maximum atomic E-state index is 11.9. The smallest absolute Gasteiger partial charge is 0.228 e. The highest BCUT2D eigenvalue weighted by molar-refractivity contribution is 14.1. The van der Waals surface area contributed by atoms with Gasteiger partial charge in [-0.15, -0.1) is 0 Å². The van der Waals surface area contributed by atoms with E-state index in [2.05, 4.69) is 27.9 Å². The summed E-state index contributed by atoms with van der Waals surface area (Å²) >= 11 is 7.97. The summed E-state index contributed by atoms with van der Waals surface area (Å²) in [5.74, 6) is 0.0252. The Labute approximate surface area is 129 Å². The highest BCUT2D eigenvalue weighted by atomic mass is 127. The summed E-state index contributed by atoms with van der Waals surface area (Å²) in [5, 5.41) is 12.8. The second-order valence-electron chi connectivity index (χ2n) is 4.02. The van der Waals surface area contributed by atoms with Crippen molar-refractivity contribution in [2.75, 3.05) is 5.32 Å². The van der Waals surface area contributed by atoms with Crippen LogP contribution in [0.3, 0.4) is 0 Å². The first-order valence-electron chi connectivity index (χ1n) is 5.57. The average Bonchev–Trinajstić information content (AvgIpc) is 2.33. The molecule has 0 radical (unpaired) electrons. The van der Waals surface area contributed by atoms with E-state index in [0.29, 0.717) is 5.02 Å². The monoisotopic (exact) mass is 387 g/mol. The van der Waals surface area contributed by atoms with Crippen molar-refractivity contribution in [3.05, 3.63) is 56.6 Å². The lowest BCUT2D eigenvalue weighted by molar-refractivity contribution is -0.115. The van der Waals surface area contributed by atoms with Crippen molar-refractivity contribution in [1.29, 1.82) is 0 Å². The summed E-state index contributed by atoms with van der Waals surface area (Å²) in [4.78, 5) is 11.9. The highest BCUT2D eigenvalue weighted by Crippen LogP contribution is 2.22. The lowest BCUT2D eigenvalue weighted by Gasteiger charge is -2.08. The zero-order valence-corrected chi connectivity index (χ0v) is 12.8. The quantitative estimate of drug-likeness (QED) is 0.787. The number of hydrogen-bond donors (Lipinski definition) is 2. The second-order valence-corrected chi connectivity index (χ2v) is 5.62. The number of carbonyl (C=O) groups excluding carboxylic acids is 1. The van der Waals surface area contributed by atoms with Crippen LogP contribution in [0.4, 0.5) is 5.69 Å². The van der Waals surface area contributed by atoms with Crippen LogP contribution in [0.5, 0.6) is 5.75 Å². The fraction of sp³-hybridized carbons (Fsp3) is 0.0714. The van der Waals surface area contributed by atoms with Crippen LogP contribution in [-0.4, -0.2) is 11.0 Å². The third-order valence-electron chi connectivity index (χ3n) is 2.48. The van der Waals surface area contributed by atoms with Gasteiger partial charge in [0, 0.05) is 8.59 Å². The molecule has 0 aliphatic heterocycles. The largest absolute Gasteiger partial charge is 0.508 e. The van der Waals surface area contributed by atoms with E-state index in [9.17, 15) is 9.90 Å². The van der Waals surface area contributed by atoms with Crippen LogP contribution in [-0.2, 0) is 11.2 Å². The van der Waals surface area contributed by atoms with Crippen LogP contribution < -0.4 is 5.32 Å². The molecule has 2 rings (SSSR count). The molecule has 0 aliphatic rings. The molecular formula is C14H11ClINO2. The highest BCUT2D eigenvalue weighted by Gasteiger charge is 2.07. The number of aromatic hydroxyl groups is 1. The number of phenolic OH excluding ortho intramolecular Hbond substituents is 1. The van der Waals surface area contributed by atoms with E-state index in [4.69, 9.17) is 11.6 Å². The lowest BCUT2D eigenvalue weighted by Crippen LogP contribution is -2.15. The number of halogens is 2. The van der Waals surface area contributed by atoms with Gasteiger partial charge in [0.05, 0.1) is 12.1 Å². The Morgan fingerprint density at radius 1 is 1.26 bits per heavy atom. The molecule has 2 aromatic carbocycles. The fourth-order valence-electron chi connectivity index (χ4n) is 1.64. The maximum Gasteiger partial charge on any atom is 0.228 e. The van der Waals surface area contributed by atoms with Crippen molar-refractivity contribution in [3.8, 4) is 5.75 Å². The minimum Gasteiger partial charge on any atom is -0.508 e. The van der Waals surface area contributed by atoms with E-state index in [1.54, 1.807) is 42.5 Å². The van der Waals surface area contributed by atoms with Gasteiger partial charge in [-0.25, -0.2) is 0 Å². The molecule has 0 bridgehead atoms. The Hall–Kier alpha value is -1.27. The minimum atomic E-state index is -0.133. The molecule has 0 saturated heterocycles. The molecule has 5 heteroatoms. The number of amides is 1. The fourth-order valence-corrected chi connectivity index (χ4v) is 2.64. The SMILES string of the molecule is O=C(Cc1cccc(O)c1)Nc1ccc(Cl)cc1I. The molecule has 3 nitrogen and oxygen atoms in total. The molecule has 19 heavy (non-hydrogen) atoms. The van der Waals surface area contributed by atoms with Gasteiger partial charge in [0.1, 0.15) is 5.75 Å². The van der Waals surface area contributed by atoms with Crippen LogP contribution in [0.15, 0.2) is 42.5 Å². The van der Waals surface area contributed by atoms with Gasteiger partial charge in [0.15, 0.2) is 0 Å². The van der Waals surface area contributed by atoms with Gasteiger partial charge in [-0.1, -0.05) is 23.7 Å². The number of nitrogens with one attached hydrogen (secondary N) is 1. The lowest BCUT2D eigenvalue weighted by atomic mass is 10.1. The molecule has 2 aromatic rings. The van der Waals surface area contributed by atoms with Gasteiger partial charge < -0.3 is 10.4 Å². The van der Waals surface area contributed by atoms with E-state index >= 15 is 0 Å². The summed E-state index contributed by atoms with van der Waals surface area (Å²) in [7, 11) is 0. The number of phenols is 1. The van der Waals surface area contributed by atoms with Gasteiger partial charge in [-0.05, 0) is 58.5 Å². The zero-order valence-electron chi connectivity index (χ0n) is 9.86. The third kappa shape index (κ3) is 4.11. The first-order valence-corrected chi connectivity index (χ1v) is 7.03. The molecule has 2 N–H and O–H groups in total. The molecule has 0 spiro atoms. The summed E-state index contributed by atoms with van der Waals surface area (Å²) in [6.45, 7) is 0. The Morgan fingerprint density at radius 3 is 2.74 bits per heavy atom. The van der Waals surface area contributed by atoms with E-state index in [-0.39, 0.29) is 18.1 Å². The minimum absolute atomic E-state index is 0.133. The van der Waals surface area contributed by atoms with Crippen LogP contribution in [0.25, 0.3) is 0 Å². The van der Waals surface area contributed by atoms with Gasteiger partial charge in [-0.2, -0.15) is 0 Å². The molecule has 1 amide bonds. The summed E-state index contributed by atoms with van der Waals surface area (Å²) < 4.78 is 0.884. The first kappa shape index (κ1) is 14.1. The number of rotatable bonds is 3. The Balaban J connectivity index is 2.05. The van der Waals surface area contributed by atoms with Crippen LogP contribution in [0.1, 0.15) is 5.56 Å². The predicted octanol–water partition coefficient (Wildman–Crippen LogP) is 3.83. The van der Waals surface area contributed by atoms with Crippen molar-refractivity contribution in [3.63, 3.8) is 0 Å². The van der Waals surface area contributed by atoms with E-state index in [1.165, 1.54) is 0 Å². The van der Waals surface area contributed by atoms with Crippen molar-refractivity contribution in [2.24, 2.45) is 0 Å². The average molecular weight is 388 g/mol. The molecule has 0 atom stereocenters. The van der Waals surface area contributed by atoms with Crippen LogP contribution in [0, 0.1) is 3.57 Å². The normalized spacial score (nSPS) is 10.2. The number of benzene rings is 2. The number of hydrogen-bond acceptors (Lipinski definition) is 2. The number of carbonyl (C=O) groups is 1. The van der Waals surface area contributed by atoms with Gasteiger partial charge in [0.2, 0.25) is 5.91 Å². The van der Waals surface area contributed by atoms with Crippen molar-refractivity contribution in [1.82, 2.24) is 0 Å². The molecule has 98 valence electrons. The first-order chi connectivity index (χ1) is 9.04. The standard InChI is InChI=1S/C14H11ClINO2/c15-10-4-5-13(12(16)8-10)17-14(19)7-9-2-1-3-11(18)6-9/h1-6,8,18H,7H2,(H,17,19). The third-order valence-corrected chi connectivity index (χ3v) is 3.61. The Morgan fingerprint density at radius 2 is 2.05 bits per heavy atom. The summed E-state index contributed by atoms with van der Waals surface area (Å²) in [5.41, 5.74) is 1.50. The van der Waals surface area contributed by atoms with E-state index in [1.807, 2.05) is 0 Å². The van der Waals surface area contributed by atoms with Gasteiger partial charge in [-0.3, -0.25) is 4.79 Å². The summed E-state index contributed by atoms with van der Waals surface area (Å²) in [6, 6.07) is 11.9. The van der Waals surface area contributed by atoms with Crippen molar-refractivity contribution >= 4 is 45.8 Å². The van der Waals surface area contributed by atoms with Gasteiger partial charge in [0.25, 0.3) is 0 Å². The molecule has 0 unspecified atom stereocenters. The van der Waals surface area contributed by atoms with E-state index in [0.717, 1.165) is 14.8 Å². The zero-order chi connectivity index (χ0) is 13.8. The molecule has 0 fully saturated rings. The van der Waals surface area contributed by atoms with Crippen LogP contribution in [0.2, 0.25) is 5.02 Å². The topological polar surface area (TPSA) is 49.3 Å². The Bertz CT molecular complexity index is 616. The molecular weight excluding hydrogens is 377 g/mol. The van der Waals surface area contributed by atoms with E-state index < -0.39 is 0 Å². The molecule has 0 heterocycles.